The molecule has 3 rings (SSSR count). The van der Waals surface area contributed by atoms with E-state index in [4.69, 9.17) is 23.2 Å². The monoisotopic (exact) mass is 317 g/mol. The van der Waals surface area contributed by atoms with Crippen LogP contribution < -0.4 is 0 Å². The zero-order valence-corrected chi connectivity index (χ0v) is 13.1. The van der Waals surface area contributed by atoms with Crippen LogP contribution >= 0.6 is 23.2 Å². The minimum atomic E-state index is 0.559. The summed E-state index contributed by atoms with van der Waals surface area (Å²) in [6.45, 7) is 4.08. The lowest BCUT2D eigenvalue weighted by Crippen LogP contribution is -1.86. The zero-order chi connectivity index (χ0) is 15.1. The van der Waals surface area contributed by atoms with Gasteiger partial charge in [0.15, 0.2) is 6.29 Å². The van der Waals surface area contributed by atoms with Crippen LogP contribution in [0.15, 0.2) is 30.3 Å². The van der Waals surface area contributed by atoms with Gasteiger partial charge in [0, 0.05) is 27.1 Å². The molecule has 0 unspecified atom stereocenters. The Morgan fingerprint density at radius 1 is 1.10 bits per heavy atom. The molecule has 0 fully saturated rings. The van der Waals surface area contributed by atoms with Crippen LogP contribution in [0, 0.1) is 13.8 Å². The molecule has 3 aromatic rings. The molecule has 4 heteroatoms. The summed E-state index contributed by atoms with van der Waals surface area (Å²) in [5.41, 5.74) is 5.31. The molecule has 0 aliphatic rings. The smallest absolute Gasteiger partial charge is 0.152 e. The number of aldehydes is 1. The van der Waals surface area contributed by atoms with Gasteiger partial charge in [-0.3, -0.25) is 4.79 Å². The van der Waals surface area contributed by atoms with Crippen LogP contribution in [-0.4, -0.2) is 11.3 Å². The molecular weight excluding hydrogens is 305 g/mol. The Balaban J connectivity index is 2.40. The first kappa shape index (κ1) is 14.2. The molecule has 0 aliphatic heterocycles. The van der Waals surface area contributed by atoms with Gasteiger partial charge in [0.05, 0.1) is 10.7 Å². The second-order valence-corrected chi connectivity index (χ2v) is 5.93. The summed E-state index contributed by atoms with van der Waals surface area (Å²) in [4.78, 5) is 14.9. The molecule has 0 radical (unpaired) electrons. The fraction of sp³-hybridized carbons (Fsp3) is 0.118. The highest BCUT2D eigenvalue weighted by atomic mass is 35.5. The SMILES string of the molecule is Cc1ccc2c(C=O)c(-c3cc(Cl)ccc3Cl)[nH]c2c1C. The van der Waals surface area contributed by atoms with E-state index in [2.05, 4.69) is 4.98 Å². The topological polar surface area (TPSA) is 32.9 Å². The van der Waals surface area contributed by atoms with Crippen molar-refractivity contribution in [3.05, 3.63) is 57.1 Å². The molecule has 0 bridgehead atoms. The normalized spacial score (nSPS) is 11.0. The van der Waals surface area contributed by atoms with Crippen molar-refractivity contribution in [2.24, 2.45) is 0 Å². The third-order valence-electron chi connectivity index (χ3n) is 3.86. The molecule has 21 heavy (non-hydrogen) atoms. The summed E-state index contributed by atoms with van der Waals surface area (Å²) in [6, 6.07) is 9.20. The average Bonchev–Trinajstić information content (AvgIpc) is 2.84. The largest absolute Gasteiger partial charge is 0.354 e. The fourth-order valence-electron chi connectivity index (χ4n) is 2.55. The van der Waals surface area contributed by atoms with E-state index in [-0.39, 0.29) is 0 Å². The van der Waals surface area contributed by atoms with E-state index in [1.54, 1.807) is 18.2 Å². The number of nitrogens with one attached hydrogen (secondary N) is 1. The second-order valence-electron chi connectivity index (χ2n) is 5.09. The van der Waals surface area contributed by atoms with Gasteiger partial charge in [-0.15, -0.1) is 0 Å². The number of rotatable bonds is 2. The maximum atomic E-state index is 11.6. The molecule has 1 heterocycles. The number of halogens is 2. The van der Waals surface area contributed by atoms with Gasteiger partial charge in [-0.2, -0.15) is 0 Å². The van der Waals surface area contributed by atoms with Crippen LogP contribution in [0.5, 0.6) is 0 Å². The zero-order valence-electron chi connectivity index (χ0n) is 11.6. The molecule has 0 aliphatic carbocycles. The van der Waals surface area contributed by atoms with Crippen molar-refractivity contribution in [1.29, 1.82) is 0 Å². The van der Waals surface area contributed by atoms with E-state index in [1.165, 1.54) is 5.56 Å². The summed E-state index contributed by atoms with van der Waals surface area (Å²) in [7, 11) is 0. The predicted octanol–water partition coefficient (Wildman–Crippen LogP) is 5.57. The van der Waals surface area contributed by atoms with E-state index in [0.717, 1.165) is 28.3 Å². The molecule has 2 aromatic carbocycles. The van der Waals surface area contributed by atoms with Gasteiger partial charge >= 0.3 is 0 Å². The lowest BCUT2D eigenvalue weighted by Gasteiger charge is -2.04. The lowest BCUT2D eigenvalue weighted by molar-refractivity contribution is 0.112. The minimum absolute atomic E-state index is 0.559. The lowest BCUT2D eigenvalue weighted by atomic mass is 10.0. The van der Waals surface area contributed by atoms with Crippen molar-refractivity contribution in [1.82, 2.24) is 4.98 Å². The Labute approximate surface area is 132 Å². The van der Waals surface area contributed by atoms with Crippen LogP contribution in [0.4, 0.5) is 0 Å². The maximum Gasteiger partial charge on any atom is 0.152 e. The molecule has 0 saturated carbocycles. The molecular formula is C17H13Cl2NO. The summed E-state index contributed by atoms with van der Waals surface area (Å²) in [5, 5.41) is 2.04. The number of carbonyl (C=O) groups is 1. The Bertz CT molecular complexity index is 865. The van der Waals surface area contributed by atoms with Gasteiger partial charge in [-0.1, -0.05) is 35.3 Å². The minimum Gasteiger partial charge on any atom is -0.354 e. The van der Waals surface area contributed by atoms with E-state index >= 15 is 0 Å². The van der Waals surface area contributed by atoms with Gasteiger partial charge < -0.3 is 4.98 Å². The molecule has 2 nitrogen and oxygen atoms in total. The molecule has 0 atom stereocenters. The first-order chi connectivity index (χ1) is 10.0. The van der Waals surface area contributed by atoms with Crippen molar-refractivity contribution in [2.75, 3.05) is 0 Å². The Kier molecular flexibility index (Phi) is 3.52. The Hall–Kier alpha value is -1.77. The summed E-state index contributed by atoms with van der Waals surface area (Å²) < 4.78 is 0. The highest BCUT2D eigenvalue weighted by Crippen LogP contribution is 2.36. The molecule has 1 aromatic heterocycles. The number of benzene rings is 2. The summed E-state index contributed by atoms with van der Waals surface area (Å²) in [5.74, 6) is 0. The third-order valence-corrected chi connectivity index (χ3v) is 4.43. The van der Waals surface area contributed by atoms with Crippen molar-refractivity contribution in [3.63, 3.8) is 0 Å². The van der Waals surface area contributed by atoms with E-state index in [0.29, 0.717) is 21.3 Å². The first-order valence-corrected chi connectivity index (χ1v) is 7.31. The maximum absolute atomic E-state index is 11.6. The van der Waals surface area contributed by atoms with Crippen molar-refractivity contribution < 1.29 is 4.79 Å². The van der Waals surface area contributed by atoms with E-state index < -0.39 is 0 Å². The third kappa shape index (κ3) is 2.25. The van der Waals surface area contributed by atoms with E-state index in [9.17, 15) is 4.79 Å². The number of hydrogen-bond donors (Lipinski definition) is 1. The number of aromatic amines is 1. The van der Waals surface area contributed by atoms with Crippen LogP contribution in [0.3, 0.4) is 0 Å². The van der Waals surface area contributed by atoms with Gasteiger partial charge in [0.2, 0.25) is 0 Å². The van der Waals surface area contributed by atoms with Gasteiger partial charge in [0.25, 0.3) is 0 Å². The number of hydrogen-bond acceptors (Lipinski definition) is 1. The van der Waals surface area contributed by atoms with Crippen LogP contribution in [0.2, 0.25) is 10.0 Å². The number of H-pyrrole nitrogens is 1. The van der Waals surface area contributed by atoms with Gasteiger partial charge in [-0.25, -0.2) is 0 Å². The molecule has 1 N–H and O–H groups in total. The number of fused-ring (bicyclic) bond motifs is 1. The number of carbonyl (C=O) groups excluding carboxylic acids is 1. The molecule has 0 saturated heterocycles. The molecule has 0 spiro atoms. The summed E-state index contributed by atoms with van der Waals surface area (Å²) >= 11 is 12.3. The van der Waals surface area contributed by atoms with E-state index in [1.807, 2.05) is 26.0 Å². The predicted molar refractivity (Wildman–Crippen MR) is 88.6 cm³/mol. The first-order valence-electron chi connectivity index (χ1n) is 6.55. The number of aromatic nitrogens is 1. The molecule has 106 valence electrons. The quantitative estimate of drug-likeness (QED) is 0.616. The van der Waals surface area contributed by atoms with Crippen LogP contribution in [0.1, 0.15) is 21.5 Å². The van der Waals surface area contributed by atoms with Crippen molar-refractivity contribution in [2.45, 2.75) is 13.8 Å². The van der Waals surface area contributed by atoms with Gasteiger partial charge in [-0.05, 0) is 43.2 Å². The second kappa shape index (κ2) is 5.21. The fourth-order valence-corrected chi connectivity index (χ4v) is 2.94. The van der Waals surface area contributed by atoms with Crippen LogP contribution in [0.25, 0.3) is 22.2 Å². The van der Waals surface area contributed by atoms with Crippen LogP contribution in [-0.2, 0) is 0 Å². The summed E-state index contributed by atoms with van der Waals surface area (Å²) in [6.07, 6.45) is 0.861. The average molecular weight is 318 g/mol. The highest BCUT2D eigenvalue weighted by Gasteiger charge is 2.16. The Morgan fingerprint density at radius 2 is 1.86 bits per heavy atom. The standard InChI is InChI=1S/C17H13Cl2NO/c1-9-3-5-12-14(8-21)17(20-16(12)10(9)2)13-7-11(18)4-6-15(13)19/h3-8,20H,1-2H3. The van der Waals surface area contributed by atoms with Crippen molar-refractivity contribution in [3.8, 4) is 11.3 Å². The Morgan fingerprint density at radius 3 is 2.57 bits per heavy atom. The van der Waals surface area contributed by atoms with Crippen molar-refractivity contribution >= 4 is 40.4 Å². The number of aryl methyl sites for hydroxylation is 2. The highest BCUT2D eigenvalue weighted by molar-refractivity contribution is 6.35. The van der Waals surface area contributed by atoms with Gasteiger partial charge in [0.1, 0.15) is 0 Å². The molecule has 0 amide bonds.